The van der Waals surface area contributed by atoms with Gasteiger partial charge in [0.2, 0.25) is 0 Å². The van der Waals surface area contributed by atoms with Gasteiger partial charge in [-0.3, -0.25) is 0 Å². The van der Waals surface area contributed by atoms with Crippen molar-refractivity contribution >= 4 is 0 Å². The number of furan rings is 1. The summed E-state index contributed by atoms with van der Waals surface area (Å²) in [6, 6.07) is 3.58. The Kier molecular flexibility index (Phi) is 3.31. The predicted octanol–water partition coefficient (Wildman–Crippen LogP) is 1.39. The second-order valence-electron chi connectivity index (χ2n) is 2.83. The van der Waals surface area contributed by atoms with E-state index >= 15 is 0 Å². The van der Waals surface area contributed by atoms with Gasteiger partial charge in [-0.05, 0) is 31.9 Å². The first-order chi connectivity index (χ1) is 5.74. The van der Waals surface area contributed by atoms with E-state index in [1.807, 2.05) is 13.0 Å². The second-order valence-corrected chi connectivity index (χ2v) is 2.83. The third kappa shape index (κ3) is 2.36. The molecule has 0 aliphatic rings. The van der Waals surface area contributed by atoms with Gasteiger partial charge in [-0.25, -0.2) is 0 Å². The topological polar surface area (TPSA) is 53.6 Å². The fourth-order valence-corrected chi connectivity index (χ4v) is 1.06. The fraction of sp³-hybridized carbons (Fsp3) is 0.556. The number of aliphatic hydroxyl groups excluding tert-OH is 2. The quantitative estimate of drug-likeness (QED) is 0.718. The summed E-state index contributed by atoms with van der Waals surface area (Å²) in [5, 5.41) is 18.0. The highest BCUT2D eigenvalue weighted by Gasteiger charge is 2.10. The minimum Gasteiger partial charge on any atom is -0.464 e. The third-order valence-electron chi connectivity index (χ3n) is 1.73. The van der Waals surface area contributed by atoms with E-state index in [0.717, 1.165) is 5.76 Å². The van der Waals surface area contributed by atoms with Crippen molar-refractivity contribution in [3.8, 4) is 0 Å². The van der Waals surface area contributed by atoms with E-state index in [9.17, 15) is 5.11 Å². The lowest BCUT2D eigenvalue weighted by atomic mass is 10.1. The van der Waals surface area contributed by atoms with Crippen LogP contribution in [0.5, 0.6) is 0 Å². The van der Waals surface area contributed by atoms with Crippen molar-refractivity contribution in [3.05, 3.63) is 23.7 Å². The largest absolute Gasteiger partial charge is 0.464 e. The van der Waals surface area contributed by atoms with E-state index in [2.05, 4.69) is 0 Å². The zero-order chi connectivity index (χ0) is 8.97. The Morgan fingerprint density at radius 1 is 1.50 bits per heavy atom. The van der Waals surface area contributed by atoms with Crippen LogP contribution in [0, 0.1) is 6.92 Å². The first-order valence-electron chi connectivity index (χ1n) is 4.09. The van der Waals surface area contributed by atoms with Crippen LogP contribution >= 0.6 is 0 Å². The van der Waals surface area contributed by atoms with Crippen LogP contribution in [-0.2, 0) is 0 Å². The van der Waals surface area contributed by atoms with Crippen molar-refractivity contribution in [1.82, 2.24) is 0 Å². The standard InChI is InChI=1S/C9H14O3/c1-7-4-5-9(12-7)8(11)3-2-6-10/h4-5,8,10-11H,2-3,6H2,1H3. The van der Waals surface area contributed by atoms with Gasteiger partial charge in [0.25, 0.3) is 0 Å². The van der Waals surface area contributed by atoms with Crippen molar-refractivity contribution < 1.29 is 14.6 Å². The van der Waals surface area contributed by atoms with Crippen LogP contribution in [0.3, 0.4) is 0 Å². The number of aryl methyl sites for hydroxylation is 1. The lowest BCUT2D eigenvalue weighted by Gasteiger charge is -2.05. The molecular formula is C9H14O3. The van der Waals surface area contributed by atoms with Crippen LogP contribution in [0.15, 0.2) is 16.5 Å². The molecule has 1 unspecified atom stereocenters. The average Bonchev–Trinajstić information content (AvgIpc) is 2.47. The Hall–Kier alpha value is -0.800. The molecule has 0 saturated heterocycles. The summed E-state index contributed by atoms with van der Waals surface area (Å²) in [6.07, 6.45) is 0.565. The maximum Gasteiger partial charge on any atom is 0.132 e. The molecule has 1 heterocycles. The van der Waals surface area contributed by atoms with Crippen LogP contribution in [-0.4, -0.2) is 16.8 Å². The number of hydrogen-bond donors (Lipinski definition) is 2. The van der Waals surface area contributed by atoms with Crippen molar-refractivity contribution in [2.75, 3.05) is 6.61 Å². The molecule has 68 valence electrons. The molecule has 1 aromatic rings. The first kappa shape index (κ1) is 9.29. The summed E-state index contributed by atoms with van der Waals surface area (Å²) in [5.41, 5.74) is 0. The molecule has 0 amide bonds. The smallest absolute Gasteiger partial charge is 0.132 e. The summed E-state index contributed by atoms with van der Waals surface area (Å²) >= 11 is 0. The molecule has 12 heavy (non-hydrogen) atoms. The highest BCUT2D eigenvalue weighted by molar-refractivity contribution is 5.07. The number of rotatable bonds is 4. The molecule has 0 radical (unpaired) electrons. The van der Waals surface area contributed by atoms with Gasteiger partial charge in [0.15, 0.2) is 0 Å². The molecule has 0 bridgehead atoms. The first-order valence-corrected chi connectivity index (χ1v) is 4.09. The van der Waals surface area contributed by atoms with Gasteiger partial charge in [-0.2, -0.15) is 0 Å². The third-order valence-corrected chi connectivity index (χ3v) is 1.73. The molecule has 0 spiro atoms. The van der Waals surface area contributed by atoms with E-state index in [4.69, 9.17) is 9.52 Å². The highest BCUT2D eigenvalue weighted by Crippen LogP contribution is 2.19. The van der Waals surface area contributed by atoms with Gasteiger partial charge < -0.3 is 14.6 Å². The summed E-state index contributed by atoms with van der Waals surface area (Å²) in [5.74, 6) is 1.38. The lowest BCUT2D eigenvalue weighted by Crippen LogP contribution is -1.96. The Morgan fingerprint density at radius 3 is 2.75 bits per heavy atom. The van der Waals surface area contributed by atoms with E-state index in [1.165, 1.54) is 0 Å². The van der Waals surface area contributed by atoms with Crippen LogP contribution < -0.4 is 0 Å². The zero-order valence-corrected chi connectivity index (χ0v) is 7.16. The number of aliphatic hydroxyl groups is 2. The van der Waals surface area contributed by atoms with E-state index in [1.54, 1.807) is 6.07 Å². The molecule has 0 aliphatic heterocycles. The fourth-order valence-electron chi connectivity index (χ4n) is 1.06. The van der Waals surface area contributed by atoms with E-state index < -0.39 is 6.10 Å². The summed E-state index contributed by atoms with van der Waals surface area (Å²) in [6.45, 7) is 1.94. The normalized spacial score (nSPS) is 13.2. The zero-order valence-electron chi connectivity index (χ0n) is 7.16. The van der Waals surface area contributed by atoms with Gasteiger partial charge in [0.05, 0.1) is 0 Å². The minimum atomic E-state index is -0.578. The molecule has 0 fully saturated rings. The summed E-state index contributed by atoms with van der Waals surface area (Å²) in [4.78, 5) is 0. The maximum atomic E-state index is 9.46. The molecule has 1 aromatic heterocycles. The van der Waals surface area contributed by atoms with Gasteiger partial charge in [-0.1, -0.05) is 0 Å². The molecule has 3 nitrogen and oxygen atoms in total. The second kappa shape index (κ2) is 4.28. The Bertz CT molecular complexity index is 229. The van der Waals surface area contributed by atoms with Crippen LogP contribution in [0.1, 0.15) is 30.5 Å². The van der Waals surface area contributed by atoms with Crippen LogP contribution in [0.4, 0.5) is 0 Å². The highest BCUT2D eigenvalue weighted by atomic mass is 16.4. The minimum absolute atomic E-state index is 0.108. The van der Waals surface area contributed by atoms with Crippen molar-refractivity contribution in [2.24, 2.45) is 0 Å². The van der Waals surface area contributed by atoms with E-state index in [0.29, 0.717) is 18.6 Å². The predicted molar refractivity (Wildman–Crippen MR) is 44.7 cm³/mol. The Morgan fingerprint density at radius 2 is 2.25 bits per heavy atom. The molecular weight excluding hydrogens is 156 g/mol. The average molecular weight is 170 g/mol. The van der Waals surface area contributed by atoms with Gasteiger partial charge >= 0.3 is 0 Å². The monoisotopic (exact) mass is 170 g/mol. The van der Waals surface area contributed by atoms with Gasteiger partial charge in [0, 0.05) is 6.61 Å². The SMILES string of the molecule is Cc1ccc(C(O)CCCO)o1. The molecule has 1 atom stereocenters. The molecule has 1 rings (SSSR count). The lowest BCUT2D eigenvalue weighted by molar-refractivity contribution is 0.127. The van der Waals surface area contributed by atoms with Gasteiger partial charge in [-0.15, -0.1) is 0 Å². The van der Waals surface area contributed by atoms with E-state index in [-0.39, 0.29) is 6.61 Å². The molecule has 0 saturated carbocycles. The summed E-state index contributed by atoms with van der Waals surface area (Å²) in [7, 11) is 0. The van der Waals surface area contributed by atoms with Crippen molar-refractivity contribution in [3.63, 3.8) is 0 Å². The number of hydrogen-bond acceptors (Lipinski definition) is 3. The Labute approximate surface area is 71.6 Å². The molecule has 0 aliphatic carbocycles. The van der Waals surface area contributed by atoms with Crippen LogP contribution in [0.2, 0.25) is 0 Å². The van der Waals surface area contributed by atoms with Crippen molar-refractivity contribution in [2.45, 2.75) is 25.9 Å². The molecule has 0 aromatic carbocycles. The maximum absolute atomic E-state index is 9.46. The summed E-state index contributed by atoms with van der Waals surface area (Å²) < 4.78 is 5.21. The molecule has 3 heteroatoms. The Balaban J connectivity index is 2.47. The van der Waals surface area contributed by atoms with Crippen molar-refractivity contribution in [1.29, 1.82) is 0 Å². The van der Waals surface area contributed by atoms with Gasteiger partial charge in [0.1, 0.15) is 17.6 Å². The van der Waals surface area contributed by atoms with Crippen LogP contribution in [0.25, 0.3) is 0 Å². The molecule has 2 N–H and O–H groups in total.